The lowest BCUT2D eigenvalue weighted by molar-refractivity contribution is 0.0617. The Morgan fingerprint density at radius 2 is 2.29 bits per heavy atom. The van der Waals surface area contributed by atoms with Crippen molar-refractivity contribution in [2.75, 3.05) is 12.3 Å². The number of ether oxygens (including phenoxy) is 1. The summed E-state index contributed by atoms with van der Waals surface area (Å²) >= 11 is 0. The molecule has 1 aliphatic rings. The summed E-state index contributed by atoms with van der Waals surface area (Å²) < 4.78 is 20.4. The van der Waals surface area contributed by atoms with Gasteiger partial charge in [0.15, 0.2) is 0 Å². The Morgan fingerprint density at radius 3 is 2.76 bits per heavy atom. The molecule has 0 spiro atoms. The van der Waals surface area contributed by atoms with Crippen molar-refractivity contribution in [2.24, 2.45) is 0 Å². The average Bonchev–Trinajstić information content (AvgIpc) is 2.75. The van der Waals surface area contributed by atoms with Crippen LogP contribution in [0.5, 0.6) is 0 Å². The summed E-state index contributed by atoms with van der Waals surface area (Å²) in [4.78, 5) is 0. The van der Waals surface area contributed by atoms with E-state index in [1.165, 1.54) is 0 Å². The van der Waals surface area contributed by atoms with E-state index < -0.39 is 12.3 Å². The summed E-state index contributed by atoms with van der Waals surface area (Å²) in [6.07, 6.45) is -0.848. The first-order valence-electron chi connectivity index (χ1n) is 5.97. The lowest BCUT2D eigenvalue weighted by Crippen LogP contribution is -2.25. The second-order valence-electron chi connectivity index (χ2n) is 5.60. The third-order valence-electron chi connectivity index (χ3n) is 3.06. The van der Waals surface area contributed by atoms with Crippen molar-refractivity contribution < 1.29 is 9.13 Å². The first kappa shape index (κ1) is 12.4. The van der Waals surface area contributed by atoms with Crippen LogP contribution in [0.2, 0.25) is 0 Å². The molecule has 2 rings (SSSR count). The highest BCUT2D eigenvalue weighted by atomic mass is 19.1. The third kappa shape index (κ3) is 2.60. The Labute approximate surface area is 101 Å². The van der Waals surface area contributed by atoms with Gasteiger partial charge in [0.1, 0.15) is 18.1 Å². The molecule has 0 unspecified atom stereocenters. The number of hydrogen-bond donors (Lipinski definition) is 1. The van der Waals surface area contributed by atoms with Gasteiger partial charge >= 0.3 is 0 Å². The van der Waals surface area contributed by atoms with E-state index in [9.17, 15) is 4.39 Å². The molecule has 17 heavy (non-hydrogen) atoms. The van der Waals surface area contributed by atoms with Gasteiger partial charge in [-0.05, 0) is 0 Å². The van der Waals surface area contributed by atoms with E-state index in [1.54, 1.807) is 4.68 Å². The van der Waals surface area contributed by atoms with Crippen LogP contribution in [0.3, 0.4) is 0 Å². The number of nitrogens with zero attached hydrogens (tertiary/aromatic N) is 2. The molecule has 96 valence electrons. The van der Waals surface area contributed by atoms with Crippen molar-refractivity contribution >= 4 is 5.82 Å². The molecule has 2 N–H and O–H groups in total. The molecular formula is C12H20FN3O. The van der Waals surface area contributed by atoms with E-state index in [0.29, 0.717) is 25.4 Å². The number of rotatable bonds is 2. The maximum atomic E-state index is 13.4. The number of alkyl halides is 1. The third-order valence-corrected chi connectivity index (χ3v) is 3.06. The molecule has 5 heteroatoms. The van der Waals surface area contributed by atoms with Crippen LogP contribution < -0.4 is 5.73 Å². The molecule has 0 bridgehead atoms. The van der Waals surface area contributed by atoms with Crippen LogP contribution in [0.25, 0.3) is 0 Å². The van der Waals surface area contributed by atoms with Gasteiger partial charge in [0.25, 0.3) is 0 Å². The van der Waals surface area contributed by atoms with Crippen LogP contribution in [0.1, 0.15) is 32.9 Å². The summed E-state index contributed by atoms with van der Waals surface area (Å²) in [7, 11) is 0. The number of halogens is 1. The highest BCUT2D eigenvalue weighted by Crippen LogP contribution is 2.24. The van der Waals surface area contributed by atoms with Crippen molar-refractivity contribution in [3.8, 4) is 0 Å². The van der Waals surface area contributed by atoms with Gasteiger partial charge in [0.05, 0.1) is 18.8 Å². The summed E-state index contributed by atoms with van der Waals surface area (Å²) in [6.45, 7) is 7.09. The SMILES string of the molecule is CC(C)(C)c1cc(N)n(C[C@H]2OCC[C@H]2F)n1. The fraction of sp³-hybridized carbons (Fsp3) is 0.750. The van der Waals surface area contributed by atoms with Crippen LogP contribution in [-0.4, -0.2) is 28.7 Å². The second-order valence-corrected chi connectivity index (χ2v) is 5.60. The minimum absolute atomic E-state index is 0.0506. The summed E-state index contributed by atoms with van der Waals surface area (Å²) in [5, 5.41) is 4.42. The molecule has 0 saturated carbocycles. The molecule has 4 nitrogen and oxygen atoms in total. The van der Waals surface area contributed by atoms with E-state index in [0.717, 1.165) is 5.69 Å². The molecule has 1 aliphatic heterocycles. The number of nitrogens with two attached hydrogens (primary N) is 1. The molecule has 1 fully saturated rings. The van der Waals surface area contributed by atoms with E-state index in [-0.39, 0.29) is 5.41 Å². The van der Waals surface area contributed by atoms with Gasteiger partial charge in [-0.1, -0.05) is 20.8 Å². The topological polar surface area (TPSA) is 53.1 Å². The van der Waals surface area contributed by atoms with Crippen molar-refractivity contribution in [1.82, 2.24) is 9.78 Å². The smallest absolute Gasteiger partial charge is 0.130 e. The monoisotopic (exact) mass is 241 g/mol. The maximum absolute atomic E-state index is 13.4. The van der Waals surface area contributed by atoms with Gasteiger partial charge in [-0.15, -0.1) is 0 Å². The molecule has 1 saturated heterocycles. The average molecular weight is 241 g/mol. The Kier molecular flexibility index (Phi) is 3.12. The highest BCUT2D eigenvalue weighted by Gasteiger charge is 2.29. The summed E-state index contributed by atoms with van der Waals surface area (Å²) in [5.74, 6) is 0.567. The van der Waals surface area contributed by atoms with Crippen LogP contribution in [0.4, 0.5) is 10.2 Å². The van der Waals surface area contributed by atoms with Crippen molar-refractivity contribution in [1.29, 1.82) is 0 Å². The van der Waals surface area contributed by atoms with Crippen molar-refractivity contribution in [3.63, 3.8) is 0 Å². The van der Waals surface area contributed by atoms with Crippen molar-refractivity contribution in [2.45, 2.75) is 51.4 Å². The first-order valence-corrected chi connectivity index (χ1v) is 5.97. The van der Waals surface area contributed by atoms with Crippen LogP contribution in [0, 0.1) is 0 Å². The molecule has 1 aromatic heterocycles. The van der Waals surface area contributed by atoms with Gasteiger partial charge in [-0.3, -0.25) is 0 Å². The predicted molar refractivity (Wildman–Crippen MR) is 64.6 cm³/mol. The molecular weight excluding hydrogens is 221 g/mol. The Hall–Kier alpha value is -1.10. The van der Waals surface area contributed by atoms with E-state index >= 15 is 0 Å². The van der Waals surface area contributed by atoms with E-state index in [4.69, 9.17) is 10.5 Å². The van der Waals surface area contributed by atoms with Crippen LogP contribution in [-0.2, 0) is 16.7 Å². The maximum Gasteiger partial charge on any atom is 0.130 e. The van der Waals surface area contributed by atoms with Gasteiger partial charge in [0, 0.05) is 17.9 Å². The molecule has 1 aromatic rings. The minimum atomic E-state index is -0.906. The molecule has 0 amide bonds. The minimum Gasteiger partial charge on any atom is -0.384 e. The van der Waals surface area contributed by atoms with Gasteiger partial charge in [-0.25, -0.2) is 9.07 Å². The van der Waals surface area contributed by atoms with Crippen LogP contribution in [0.15, 0.2) is 6.07 Å². The summed E-state index contributed by atoms with van der Waals surface area (Å²) in [5.41, 5.74) is 6.75. The van der Waals surface area contributed by atoms with Gasteiger partial charge in [0.2, 0.25) is 0 Å². The largest absolute Gasteiger partial charge is 0.384 e. The van der Waals surface area contributed by atoms with E-state index in [1.807, 2.05) is 6.07 Å². The number of anilines is 1. The molecule has 0 aliphatic carbocycles. The Morgan fingerprint density at radius 1 is 1.59 bits per heavy atom. The Balaban J connectivity index is 2.13. The lowest BCUT2D eigenvalue weighted by Gasteiger charge is -2.15. The zero-order valence-corrected chi connectivity index (χ0v) is 10.6. The van der Waals surface area contributed by atoms with Gasteiger partial charge < -0.3 is 10.5 Å². The van der Waals surface area contributed by atoms with E-state index in [2.05, 4.69) is 25.9 Å². The normalized spacial score (nSPS) is 25.4. The number of nitrogen functional groups attached to an aromatic ring is 1. The first-order chi connectivity index (χ1) is 7.88. The fourth-order valence-corrected chi connectivity index (χ4v) is 1.90. The second kappa shape index (κ2) is 4.29. The Bertz CT molecular complexity index is 397. The quantitative estimate of drug-likeness (QED) is 0.860. The molecule has 0 aromatic carbocycles. The zero-order valence-electron chi connectivity index (χ0n) is 10.6. The standard InChI is InChI=1S/C12H20FN3O/c1-12(2,3)10-6-11(14)16(15-10)7-9-8(13)4-5-17-9/h6,8-9H,4-5,7,14H2,1-3H3/t8-,9-/m1/s1. The zero-order chi connectivity index (χ0) is 12.6. The lowest BCUT2D eigenvalue weighted by atomic mass is 9.92. The highest BCUT2D eigenvalue weighted by molar-refractivity contribution is 5.33. The molecule has 2 heterocycles. The fourth-order valence-electron chi connectivity index (χ4n) is 1.90. The van der Waals surface area contributed by atoms with Gasteiger partial charge in [-0.2, -0.15) is 5.10 Å². The summed E-state index contributed by atoms with van der Waals surface area (Å²) in [6, 6.07) is 1.85. The number of aromatic nitrogens is 2. The molecule has 2 atom stereocenters. The van der Waals surface area contributed by atoms with Crippen LogP contribution >= 0.6 is 0 Å². The molecule has 0 radical (unpaired) electrons. The number of hydrogen-bond acceptors (Lipinski definition) is 3. The predicted octanol–water partition coefficient (Wildman–Crippen LogP) is 1.89. The van der Waals surface area contributed by atoms with Crippen molar-refractivity contribution in [3.05, 3.63) is 11.8 Å².